The van der Waals surface area contributed by atoms with Crippen LogP contribution in [0.4, 0.5) is 0 Å². The number of aliphatic carboxylic acids is 1. The molecule has 2 nitrogen and oxygen atoms in total. The molecule has 0 aliphatic heterocycles. The normalized spacial score (nSPS) is 42.6. The SMILES string of the molecule is CC(C)C1CCC(C(=O)O)(C2CCC(C)C(C)C2)CC1. The molecule has 0 aromatic carbocycles. The van der Waals surface area contributed by atoms with Gasteiger partial charge in [-0.15, -0.1) is 0 Å². The molecular weight excluding hydrogens is 248 g/mol. The van der Waals surface area contributed by atoms with Crippen LogP contribution in [0.1, 0.15) is 72.6 Å². The van der Waals surface area contributed by atoms with E-state index in [9.17, 15) is 9.90 Å². The van der Waals surface area contributed by atoms with Gasteiger partial charge in [0.1, 0.15) is 0 Å². The fourth-order valence-corrected chi connectivity index (χ4v) is 4.67. The third-order valence-electron chi connectivity index (χ3n) is 6.67. The summed E-state index contributed by atoms with van der Waals surface area (Å²) in [7, 11) is 0. The highest BCUT2D eigenvalue weighted by Crippen LogP contribution is 2.52. The summed E-state index contributed by atoms with van der Waals surface area (Å²) >= 11 is 0. The highest BCUT2D eigenvalue weighted by Gasteiger charge is 2.49. The zero-order valence-corrected chi connectivity index (χ0v) is 13.7. The second-order valence-corrected chi connectivity index (χ2v) is 8.01. The van der Waals surface area contributed by atoms with E-state index in [1.165, 1.54) is 6.42 Å². The van der Waals surface area contributed by atoms with Crippen LogP contribution in [0.25, 0.3) is 0 Å². The quantitative estimate of drug-likeness (QED) is 0.792. The van der Waals surface area contributed by atoms with Crippen LogP contribution in [0, 0.1) is 35.0 Å². The summed E-state index contributed by atoms with van der Waals surface area (Å²) in [4.78, 5) is 12.0. The Labute approximate surface area is 124 Å². The lowest BCUT2D eigenvalue weighted by molar-refractivity contribution is -0.158. The highest BCUT2D eigenvalue weighted by atomic mass is 16.4. The van der Waals surface area contributed by atoms with E-state index in [0.29, 0.717) is 17.8 Å². The molecule has 3 unspecified atom stereocenters. The van der Waals surface area contributed by atoms with Gasteiger partial charge in [-0.05, 0) is 68.1 Å². The second kappa shape index (κ2) is 6.07. The molecule has 0 saturated heterocycles. The molecule has 0 radical (unpaired) electrons. The minimum Gasteiger partial charge on any atom is -0.481 e. The van der Waals surface area contributed by atoms with Gasteiger partial charge >= 0.3 is 5.97 Å². The minimum atomic E-state index is -0.508. The van der Waals surface area contributed by atoms with Gasteiger partial charge in [-0.25, -0.2) is 0 Å². The average Bonchev–Trinajstić information content (AvgIpc) is 2.41. The van der Waals surface area contributed by atoms with Crippen molar-refractivity contribution in [2.75, 3.05) is 0 Å². The molecule has 116 valence electrons. The molecule has 0 amide bonds. The van der Waals surface area contributed by atoms with E-state index in [2.05, 4.69) is 27.7 Å². The first-order chi connectivity index (χ1) is 9.36. The minimum absolute atomic E-state index is 0.403. The lowest BCUT2D eigenvalue weighted by Crippen LogP contribution is -2.45. The number of hydrogen-bond acceptors (Lipinski definition) is 1. The Hall–Kier alpha value is -0.530. The molecule has 2 rings (SSSR count). The molecule has 2 aliphatic rings. The van der Waals surface area contributed by atoms with E-state index in [-0.39, 0.29) is 0 Å². The summed E-state index contributed by atoms with van der Waals surface area (Å²) in [5, 5.41) is 9.92. The van der Waals surface area contributed by atoms with E-state index < -0.39 is 11.4 Å². The van der Waals surface area contributed by atoms with Crippen molar-refractivity contribution in [3.8, 4) is 0 Å². The Balaban J connectivity index is 2.10. The topological polar surface area (TPSA) is 37.3 Å². The van der Waals surface area contributed by atoms with Crippen LogP contribution in [0.2, 0.25) is 0 Å². The van der Waals surface area contributed by atoms with Gasteiger partial charge in [-0.2, -0.15) is 0 Å². The predicted molar refractivity (Wildman–Crippen MR) is 82.5 cm³/mol. The van der Waals surface area contributed by atoms with E-state index in [0.717, 1.165) is 50.4 Å². The van der Waals surface area contributed by atoms with Crippen molar-refractivity contribution < 1.29 is 9.90 Å². The largest absolute Gasteiger partial charge is 0.481 e. The molecule has 1 N–H and O–H groups in total. The van der Waals surface area contributed by atoms with Gasteiger partial charge in [0.15, 0.2) is 0 Å². The van der Waals surface area contributed by atoms with Gasteiger partial charge in [0.25, 0.3) is 0 Å². The van der Waals surface area contributed by atoms with Crippen LogP contribution >= 0.6 is 0 Å². The Bertz CT molecular complexity index is 339. The standard InChI is InChI=1S/C18H32O2/c1-12(2)15-7-9-18(10-8-15,17(19)20)16-6-5-13(3)14(4)11-16/h12-16H,5-11H2,1-4H3,(H,19,20). The first-order valence-electron chi connectivity index (χ1n) is 8.60. The maximum atomic E-state index is 12.0. The molecule has 2 heteroatoms. The molecule has 0 bridgehead atoms. The van der Waals surface area contributed by atoms with Gasteiger partial charge in [0, 0.05) is 0 Å². The summed E-state index contributed by atoms with van der Waals surface area (Å²) in [5.41, 5.74) is -0.403. The number of carboxylic acid groups (broad SMARTS) is 1. The lowest BCUT2D eigenvalue weighted by atomic mass is 9.57. The smallest absolute Gasteiger partial charge is 0.309 e. The van der Waals surface area contributed by atoms with Gasteiger partial charge in [0.2, 0.25) is 0 Å². The van der Waals surface area contributed by atoms with Crippen molar-refractivity contribution >= 4 is 5.97 Å². The monoisotopic (exact) mass is 280 g/mol. The van der Waals surface area contributed by atoms with Gasteiger partial charge in [-0.3, -0.25) is 4.79 Å². The summed E-state index contributed by atoms with van der Waals surface area (Å²) in [6.07, 6.45) is 7.53. The first kappa shape index (κ1) is 15.9. The molecular formula is C18H32O2. The van der Waals surface area contributed by atoms with Crippen molar-refractivity contribution in [3.05, 3.63) is 0 Å². The summed E-state index contributed by atoms with van der Waals surface area (Å²) in [6, 6.07) is 0. The van der Waals surface area contributed by atoms with Gasteiger partial charge in [-0.1, -0.05) is 34.1 Å². The maximum absolute atomic E-state index is 12.0. The third-order valence-corrected chi connectivity index (χ3v) is 6.67. The third kappa shape index (κ3) is 2.89. The van der Waals surface area contributed by atoms with Crippen LogP contribution < -0.4 is 0 Å². The summed E-state index contributed by atoms with van der Waals surface area (Å²) in [6.45, 7) is 9.20. The van der Waals surface area contributed by atoms with E-state index in [1.807, 2.05) is 0 Å². The predicted octanol–water partition coefficient (Wildman–Crippen LogP) is 4.98. The van der Waals surface area contributed by atoms with E-state index in [4.69, 9.17) is 0 Å². The van der Waals surface area contributed by atoms with Crippen LogP contribution in [-0.2, 0) is 4.79 Å². The van der Waals surface area contributed by atoms with Gasteiger partial charge in [0.05, 0.1) is 5.41 Å². The number of hydrogen-bond donors (Lipinski definition) is 1. The summed E-state index contributed by atoms with van der Waals surface area (Å²) < 4.78 is 0. The molecule has 20 heavy (non-hydrogen) atoms. The van der Waals surface area contributed by atoms with E-state index in [1.54, 1.807) is 0 Å². The van der Waals surface area contributed by atoms with E-state index >= 15 is 0 Å². The molecule has 0 spiro atoms. The van der Waals surface area contributed by atoms with Crippen LogP contribution in [0.15, 0.2) is 0 Å². The van der Waals surface area contributed by atoms with Crippen LogP contribution in [0.5, 0.6) is 0 Å². The molecule has 2 aliphatic carbocycles. The molecule has 2 saturated carbocycles. The second-order valence-electron chi connectivity index (χ2n) is 8.01. The van der Waals surface area contributed by atoms with Crippen LogP contribution in [0.3, 0.4) is 0 Å². The Morgan fingerprint density at radius 1 is 1.05 bits per heavy atom. The highest BCUT2D eigenvalue weighted by molar-refractivity contribution is 5.75. The number of rotatable bonds is 3. The van der Waals surface area contributed by atoms with Crippen molar-refractivity contribution in [1.82, 2.24) is 0 Å². The zero-order chi connectivity index (χ0) is 14.9. The fourth-order valence-electron chi connectivity index (χ4n) is 4.67. The zero-order valence-electron chi connectivity index (χ0n) is 13.7. The molecule has 2 fully saturated rings. The molecule has 0 aromatic rings. The van der Waals surface area contributed by atoms with Crippen molar-refractivity contribution in [3.63, 3.8) is 0 Å². The Morgan fingerprint density at radius 2 is 1.65 bits per heavy atom. The fraction of sp³-hybridized carbons (Fsp3) is 0.944. The molecule has 3 atom stereocenters. The number of carboxylic acids is 1. The maximum Gasteiger partial charge on any atom is 0.309 e. The van der Waals surface area contributed by atoms with Crippen molar-refractivity contribution in [2.45, 2.75) is 72.6 Å². The van der Waals surface area contributed by atoms with Crippen LogP contribution in [-0.4, -0.2) is 11.1 Å². The number of carbonyl (C=O) groups is 1. The molecule has 0 aromatic heterocycles. The molecule has 0 heterocycles. The summed E-state index contributed by atoms with van der Waals surface area (Å²) in [5.74, 6) is 2.80. The lowest BCUT2D eigenvalue weighted by Gasteiger charge is -2.47. The van der Waals surface area contributed by atoms with Crippen molar-refractivity contribution in [1.29, 1.82) is 0 Å². The van der Waals surface area contributed by atoms with Crippen molar-refractivity contribution in [2.24, 2.45) is 35.0 Å². The Morgan fingerprint density at radius 3 is 2.10 bits per heavy atom. The first-order valence-corrected chi connectivity index (χ1v) is 8.60. The van der Waals surface area contributed by atoms with Gasteiger partial charge < -0.3 is 5.11 Å². The average molecular weight is 280 g/mol. The Kier molecular flexibility index (Phi) is 4.81.